The van der Waals surface area contributed by atoms with Gasteiger partial charge in [-0.05, 0) is 42.0 Å². The number of amides is 1. The van der Waals surface area contributed by atoms with E-state index in [0.717, 1.165) is 69.6 Å². The number of benzene rings is 2. The summed E-state index contributed by atoms with van der Waals surface area (Å²) in [5.74, 6) is 0.504. The molecule has 4 rings (SSSR count). The normalized spacial score (nSPS) is 18.6. The number of hydrogen-bond donors (Lipinski definition) is 1. The minimum absolute atomic E-state index is 0.226. The molecule has 0 atom stereocenters. The molecule has 160 valence electrons. The Hall–Kier alpha value is -2.28. The summed E-state index contributed by atoms with van der Waals surface area (Å²) in [5, 5.41) is 10.2. The molecule has 0 aliphatic carbocycles. The van der Waals surface area contributed by atoms with Crippen molar-refractivity contribution in [3.63, 3.8) is 0 Å². The van der Waals surface area contributed by atoms with Gasteiger partial charge < -0.3 is 14.9 Å². The van der Waals surface area contributed by atoms with Gasteiger partial charge >= 0.3 is 0 Å². The molecule has 7 heteroatoms. The molecule has 2 fully saturated rings. The first kappa shape index (κ1) is 21.0. The monoisotopic (exact) mass is 428 g/mol. The molecule has 2 heterocycles. The lowest BCUT2D eigenvalue weighted by Gasteiger charge is -2.38. The van der Waals surface area contributed by atoms with Crippen molar-refractivity contribution in [2.45, 2.75) is 6.54 Å². The first-order chi connectivity index (χ1) is 14.6. The van der Waals surface area contributed by atoms with Crippen LogP contribution in [0.2, 0.25) is 5.02 Å². The summed E-state index contributed by atoms with van der Waals surface area (Å²) >= 11 is 6.08. The zero-order chi connectivity index (χ0) is 20.9. The van der Waals surface area contributed by atoms with Crippen molar-refractivity contribution >= 4 is 23.2 Å². The summed E-state index contributed by atoms with van der Waals surface area (Å²) in [7, 11) is 0. The SMILES string of the molecule is O=C(CN1CCN(Cc2cccc(Cl)c2)CC1)N1CCN(c2ccc(O)cc2)CC1. The minimum Gasteiger partial charge on any atom is -0.508 e. The summed E-state index contributed by atoms with van der Waals surface area (Å²) in [5.41, 5.74) is 2.33. The molecule has 2 aromatic carbocycles. The average molecular weight is 429 g/mol. The Morgan fingerprint density at radius 2 is 1.53 bits per heavy atom. The van der Waals surface area contributed by atoms with Gasteiger partial charge in [-0.25, -0.2) is 0 Å². The van der Waals surface area contributed by atoms with Gasteiger partial charge in [0.25, 0.3) is 0 Å². The predicted molar refractivity (Wildman–Crippen MR) is 120 cm³/mol. The molecule has 1 N–H and O–H groups in total. The summed E-state index contributed by atoms with van der Waals surface area (Å²) in [4.78, 5) is 21.7. The molecule has 0 bridgehead atoms. The predicted octanol–water partition coefficient (Wildman–Crippen LogP) is 2.51. The molecule has 0 radical (unpaired) electrons. The van der Waals surface area contributed by atoms with E-state index < -0.39 is 0 Å². The van der Waals surface area contributed by atoms with Crippen molar-refractivity contribution in [2.75, 3.05) is 63.8 Å². The number of carbonyl (C=O) groups is 1. The molecule has 2 aliphatic rings. The highest BCUT2D eigenvalue weighted by atomic mass is 35.5. The van der Waals surface area contributed by atoms with Gasteiger partial charge in [0.1, 0.15) is 5.75 Å². The lowest BCUT2D eigenvalue weighted by molar-refractivity contribution is -0.133. The van der Waals surface area contributed by atoms with Crippen molar-refractivity contribution < 1.29 is 9.90 Å². The number of phenolic OH excluding ortho intramolecular Hbond substituents is 1. The second-order valence-electron chi connectivity index (χ2n) is 8.07. The standard InChI is InChI=1S/C23H29ClN4O2/c24-20-3-1-2-19(16-20)17-25-8-10-26(11-9-25)18-23(30)28-14-12-27(13-15-28)21-4-6-22(29)7-5-21/h1-7,16,29H,8-15,17-18H2. The van der Waals surface area contributed by atoms with Crippen LogP contribution in [0.5, 0.6) is 5.75 Å². The van der Waals surface area contributed by atoms with E-state index >= 15 is 0 Å². The highest BCUT2D eigenvalue weighted by molar-refractivity contribution is 6.30. The largest absolute Gasteiger partial charge is 0.508 e. The van der Waals surface area contributed by atoms with Crippen LogP contribution in [-0.2, 0) is 11.3 Å². The Bertz CT molecular complexity index is 845. The molecule has 0 saturated carbocycles. The maximum Gasteiger partial charge on any atom is 0.236 e. The molecule has 2 saturated heterocycles. The van der Waals surface area contributed by atoms with Crippen LogP contribution in [0.1, 0.15) is 5.56 Å². The second-order valence-corrected chi connectivity index (χ2v) is 8.50. The zero-order valence-electron chi connectivity index (χ0n) is 17.2. The Kier molecular flexibility index (Phi) is 6.77. The topological polar surface area (TPSA) is 50.3 Å². The van der Waals surface area contributed by atoms with E-state index in [9.17, 15) is 9.90 Å². The quantitative estimate of drug-likeness (QED) is 0.793. The lowest BCUT2D eigenvalue weighted by atomic mass is 10.2. The zero-order valence-corrected chi connectivity index (χ0v) is 18.0. The summed E-state index contributed by atoms with van der Waals surface area (Å²) < 4.78 is 0. The van der Waals surface area contributed by atoms with Gasteiger partial charge in [0.15, 0.2) is 0 Å². The van der Waals surface area contributed by atoms with E-state index in [4.69, 9.17) is 11.6 Å². The number of carbonyl (C=O) groups excluding carboxylic acids is 1. The third kappa shape index (κ3) is 5.45. The molecule has 2 aromatic rings. The third-order valence-corrected chi connectivity index (χ3v) is 6.20. The van der Waals surface area contributed by atoms with Crippen molar-refractivity contribution in [3.05, 3.63) is 59.1 Å². The van der Waals surface area contributed by atoms with Crippen molar-refractivity contribution in [2.24, 2.45) is 0 Å². The van der Waals surface area contributed by atoms with Gasteiger partial charge in [-0.3, -0.25) is 14.6 Å². The third-order valence-electron chi connectivity index (χ3n) is 5.97. The average Bonchev–Trinajstić information content (AvgIpc) is 2.76. The van der Waals surface area contributed by atoms with E-state index in [1.807, 2.05) is 35.2 Å². The van der Waals surface area contributed by atoms with Crippen LogP contribution in [0.4, 0.5) is 5.69 Å². The number of aromatic hydroxyl groups is 1. The molecule has 2 aliphatic heterocycles. The van der Waals surface area contributed by atoms with Crippen LogP contribution >= 0.6 is 11.6 Å². The smallest absolute Gasteiger partial charge is 0.236 e. The number of phenols is 1. The van der Waals surface area contributed by atoms with E-state index in [0.29, 0.717) is 6.54 Å². The van der Waals surface area contributed by atoms with Gasteiger partial charge in [0.05, 0.1) is 6.54 Å². The fourth-order valence-corrected chi connectivity index (χ4v) is 4.38. The first-order valence-electron chi connectivity index (χ1n) is 10.6. The van der Waals surface area contributed by atoms with E-state index in [2.05, 4.69) is 20.8 Å². The maximum atomic E-state index is 12.8. The Morgan fingerprint density at radius 1 is 0.867 bits per heavy atom. The summed E-state index contributed by atoms with van der Waals surface area (Å²) in [6.45, 7) is 8.31. The maximum absolute atomic E-state index is 12.8. The number of rotatable bonds is 5. The fourth-order valence-electron chi connectivity index (χ4n) is 4.17. The number of halogens is 1. The van der Waals surface area contributed by atoms with Crippen LogP contribution in [0.25, 0.3) is 0 Å². The number of anilines is 1. The highest BCUT2D eigenvalue weighted by Gasteiger charge is 2.25. The van der Waals surface area contributed by atoms with Crippen LogP contribution < -0.4 is 4.90 Å². The fraction of sp³-hybridized carbons (Fsp3) is 0.435. The number of piperazine rings is 2. The first-order valence-corrected chi connectivity index (χ1v) is 11.0. The van der Waals surface area contributed by atoms with E-state index in [1.165, 1.54) is 5.56 Å². The van der Waals surface area contributed by atoms with Crippen LogP contribution in [0, 0.1) is 0 Å². The Labute approximate surface area is 183 Å². The van der Waals surface area contributed by atoms with Crippen LogP contribution in [0.3, 0.4) is 0 Å². The molecule has 6 nitrogen and oxygen atoms in total. The summed E-state index contributed by atoms with van der Waals surface area (Å²) in [6.07, 6.45) is 0. The lowest BCUT2D eigenvalue weighted by Crippen LogP contribution is -2.53. The Balaban J connectivity index is 1.19. The molecule has 0 aromatic heterocycles. The second kappa shape index (κ2) is 9.69. The van der Waals surface area contributed by atoms with Crippen molar-refractivity contribution in [3.8, 4) is 5.75 Å². The number of hydrogen-bond acceptors (Lipinski definition) is 5. The summed E-state index contributed by atoms with van der Waals surface area (Å²) in [6, 6.07) is 15.3. The molecule has 30 heavy (non-hydrogen) atoms. The van der Waals surface area contributed by atoms with Gasteiger partial charge in [-0.1, -0.05) is 23.7 Å². The van der Waals surface area contributed by atoms with Gasteiger partial charge in [0.2, 0.25) is 5.91 Å². The van der Waals surface area contributed by atoms with Crippen LogP contribution in [-0.4, -0.2) is 84.6 Å². The Morgan fingerprint density at radius 3 is 2.20 bits per heavy atom. The van der Waals surface area contributed by atoms with Gasteiger partial charge in [0, 0.05) is 69.6 Å². The molecular weight excluding hydrogens is 400 g/mol. The van der Waals surface area contributed by atoms with E-state index in [1.54, 1.807) is 12.1 Å². The van der Waals surface area contributed by atoms with Crippen LogP contribution in [0.15, 0.2) is 48.5 Å². The van der Waals surface area contributed by atoms with Crippen molar-refractivity contribution in [1.82, 2.24) is 14.7 Å². The molecule has 1 amide bonds. The molecule has 0 spiro atoms. The molecule has 0 unspecified atom stereocenters. The molecular formula is C23H29ClN4O2. The van der Waals surface area contributed by atoms with E-state index in [-0.39, 0.29) is 11.7 Å². The van der Waals surface area contributed by atoms with Gasteiger partial charge in [-0.2, -0.15) is 0 Å². The van der Waals surface area contributed by atoms with Crippen molar-refractivity contribution in [1.29, 1.82) is 0 Å². The minimum atomic E-state index is 0.226. The number of nitrogens with zero attached hydrogens (tertiary/aromatic N) is 4. The van der Waals surface area contributed by atoms with Gasteiger partial charge in [-0.15, -0.1) is 0 Å². The highest BCUT2D eigenvalue weighted by Crippen LogP contribution is 2.20.